The van der Waals surface area contributed by atoms with Crippen LogP contribution in [0, 0.1) is 5.41 Å². The summed E-state index contributed by atoms with van der Waals surface area (Å²) in [5, 5.41) is 10.3. The minimum absolute atomic E-state index is 0.0723. The van der Waals surface area contributed by atoms with E-state index in [-0.39, 0.29) is 30.4 Å². The highest BCUT2D eigenvalue weighted by Crippen LogP contribution is 2.30. The number of nitrogens with zero attached hydrogens (tertiary/aromatic N) is 2. The van der Waals surface area contributed by atoms with Crippen molar-refractivity contribution in [2.45, 2.75) is 31.6 Å². The van der Waals surface area contributed by atoms with Gasteiger partial charge in [-0.3, -0.25) is 19.8 Å². The second-order valence-electron chi connectivity index (χ2n) is 6.57. The van der Waals surface area contributed by atoms with E-state index in [0.717, 1.165) is 0 Å². The van der Waals surface area contributed by atoms with Gasteiger partial charge in [-0.15, -0.1) is 0 Å². The minimum Gasteiger partial charge on any atom is -0.466 e. The number of nitrogens with one attached hydrogen (secondary N) is 2. The van der Waals surface area contributed by atoms with Gasteiger partial charge in [0.25, 0.3) is 5.91 Å². The van der Waals surface area contributed by atoms with Crippen molar-refractivity contribution in [2.75, 3.05) is 20.2 Å². The summed E-state index contributed by atoms with van der Waals surface area (Å²) in [4.78, 5) is 41.6. The number of amidine groups is 2. The zero-order valence-electron chi connectivity index (χ0n) is 16.6. The molecule has 1 fully saturated rings. The molecule has 0 aliphatic carbocycles. The minimum atomic E-state index is -0.427. The van der Waals surface area contributed by atoms with E-state index in [1.165, 1.54) is 18.7 Å². The Kier molecular flexibility index (Phi) is 7.77. The molecule has 1 heterocycles. The average molecular weight is 420 g/mol. The third-order valence-electron chi connectivity index (χ3n) is 4.41. The van der Waals surface area contributed by atoms with Crippen molar-refractivity contribution in [3.05, 3.63) is 35.4 Å². The quantitative estimate of drug-likeness (QED) is 0.259. The van der Waals surface area contributed by atoms with Crippen molar-refractivity contribution >= 4 is 40.5 Å². The van der Waals surface area contributed by atoms with Gasteiger partial charge in [-0.2, -0.15) is 4.99 Å². The van der Waals surface area contributed by atoms with Crippen LogP contribution < -0.4 is 11.1 Å². The Hall–Kier alpha value is -2.88. The average Bonchev–Trinajstić information content (AvgIpc) is 2.96. The number of esters is 1. The normalized spacial score (nSPS) is 19.8. The molecule has 0 saturated carbocycles. The molecule has 0 bridgehead atoms. The lowest BCUT2D eigenvalue weighted by molar-refractivity contribution is -0.141. The molecule has 1 saturated heterocycles. The van der Waals surface area contributed by atoms with Crippen LogP contribution in [0.5, 0.6) is 0 Å². The van der Waals surface area contributed by atoms with Gasteiger partial charge in [0, 0.05) is 37.7 Å². The Labute approximate surface area is 173 Å². The summed E-state index contributed by atoms with van der Waals surface area (Å²) in [5.41, 5.74) is 6.32. The molecule has 0 aromatic heterocycles. The molecule has 4 N–H and O–H groups in total. The number of rotatable bonds is 7. The first kappa shape index (κ1) is 22.4. The standard InChI is InChI=1S/C19H25N5O4S/c1-11-15(18(27)22-9-4-10-28-12(2)25)29-19(24(11)3)23-17(26)14-7-5-13(6-8-14)16(20)21/h5-8,11,15H,4,9-10H2,1-3H3,(H3,20,21)(H,22,27). The van der Waals surface area contributed by atoms with Crippen molar-refractivity contribution in [1.82, 2.24) is 10.2 Å². The highest BCUT2D eigenvalue weighted by atomic mass is 32.2. The van der Waals surface area contributed by atoms with Gasteiger partial charge in [0.2, 0.25) is 5.91 Å². The largest absolute Gasteiger partial charge is 0.466 e. The number of thioether (sulfide) groups is 1. The highest BCUT2D eigenvalue weighted by molar-refractivity contribution is 8.15. The molecule has 2 atom stereocenters. The Morgan fingerprint density at radius 3 is 2.48 bits per heavy atom. The third kappa shape index (κ3) is 6.05. The van der Waals surface area contributed by atoms with E-state index in [4.69, 9.17) is 15.9 Å². The number of amides is 2. The van der Waals surface area contributed by atoms with Crippen LogP contribution in [0.25, 0.3) is 0 Å². The van der Waals surface area contributed by atoms with E-state index < -0.39 is 11.2 Å². The van der Waals surface area contributed by atoms with Crippen LogP contribution in [-0.2, 0) is 14.3 Å². The molecule has 10 heteroatoms. The molecule has 0 spiro atoms. The predicted molar refractivity (Wildman–Crippen MR) is 112 cm³/mol. The Morgan fingerprint density at radius 2 is 1.90 bits per heavy atom. The molecule has 156 valence electrons. The second-order valence-corrected chi connectivity index (χ2v) is 7.67. The molecule has 2 amide bonds. The van der Waals surface area contributed by atoms with Crippen LogP contribution in [0.4, 0.5) is 0 Å². The maximum atomic E-state index is 12.5. The molecule has 1 aliphatic rings. The number of hydrogen-bond acceptors (Lipinski definition) is 6. The first-order chi connectivity index (χ1) is 13.7. The summed E-state index contributed by atoms with van der Waals surface area (Å²) < 4.78 is 4.83. The summed E-state index contributed by atoms with van der Waals surface area (Å²) in [6.07, 6.45) is 0.530. The SMILES string of the molecule is CC(=O)OCCCNC(=O)C1SC(=NC(=O)c2ccc(C(=N)N)cc2)N(C)C1C. The van der Waals surface area contributed by atoms with Crippen LogP contribution in [0.2, 0.25) is 0 Å². The van der Waals surface area contributed by atoms with E-state index in [1.54, 1.807) is 36.2 Å². The molecule has 0 radical (unpaired) electrons. The molecular weight excluding hydrogens is 394 g/mol. The van der Waals surface area contributed by atoms with Crippen molar-refractivity contribution in [3.8, 4) is 0 Å². The maximum Gasteiger partial charge on any atom is 0.302 e. The van der Waals surface area contributed by atoms with Crippen LogP contribution in [0.15, 0.2) is 29.3 Å². The zero-order chi connectivity index (χ0) is 21.6. The van der Waals surface area contributed by atoms with Crippen molar-refractivity contribution in [2.24, 2.45) is 10.7 Å². The highest BCUT2D eigenvalue weighted by Gasteiger charge is 2.39. The number of carbonyl (C=O) groups is 3. The Bertz CT molecular complexity index is 824. The van der Waals surface area contributed by atoms with E-state index in [2.05, 4.69) is 10.3 Å². The molecule has 1 aliphatic heterocycles. The lowest BCUT2D eigenvalue weighted by atomic mass is 10.1. The van der Waals surface area contributed by atoms with Crippen LogP contribution >= 0.6 is 11.8 Å². The van der Waals surface area contributed by atoms with Gasteiger partial charge in [0.15, 0.2) is 5.17 Å². The van der Waals surface area contributed by atoms with Crippen LogP contribution in [0.1, 0.15) is 36.2 Å². The number of nitrogens with two attached hydrogens (primary N) is 1. The summed E-state index contributed by atoms with van der Waals surface area (Å²) in [7, 11) is 1.79. The second kappa shape index (κ2) is 10.1. The van der Waals surface area contributed by atoms with E-state index >= 15 is 0 Å². The van der Waals surface area contributed by atoms with Crippen LogP contribution in [-0.4, -0.2) is 65.2 Å². The maximum absolute atomic E-state index is 12.5. The van der Waals surface area contributed by atoms with Gasteiger partial charge in [-0.05, 0) is 25.5 Å². The van der Waals surface area contributed by atoms with Gasteiger partial charge in [-0.1, -0.05) is 23.9 Å². The number of nitrogen functional groups attached to an aromatic ring is 1. The van der Waals surface area contributed by atoms with E-state index in [9.17, 15) is 14.4 Å². The van der Waals surface area contributed by atoms with Crippen molar-refractivity contribution in [1.29, 1.82) is 5.41 Å². The molecule has 9 nitrogen and oxygen atoms in total. The Morgan fingerprint density at radius 1 is 1.28 bits per heavy atom. The third-order valence-corrected chi connectivity index (χ3v) is 5.86. The van der Waals surface area contributed by atoms with Gasteiger partial charge in [0.05, 0.1) is 6.61 Å². The fourth-order valence-electron chi connectivity index (χ4n) is 2.59. The van der Waals surface area contributed by atoms with Gasteiger partial charge in [-0.25, -0.2) is 0 Å². The molecule has 1 aromatic carbocycles. The first-order valence-electron chi connectivity index (χ1n) is 9.08. The molecule has 2 unspecified atom stereocenters. The summed E-state index contributed by atoms with van der Waals surface area (Å²) >= 11 is 1.24. The van der Waals surface area contributed by atoms with E-state index in [1.807, 2.05) is 6.92 Å². The monoisotopic (exact) mass is 419 g/mol. The number of ether oxygens (including phenoxy) is 1. The zero-order valence-corrected chi connectivity index (χ0v) is 17.4. The number of hydrogen-bond donors (Lipinski definition) is 3. The number of benzene rings is 1. The molecular formula is C19H25N5O4S. The van der Waals surface area contributed by atoms with Gasteiger partial charge < -0.3 is 20.7 Å². The molecule has 2 rings (SSSR count). The summed E-state index contributed by atoms with van der Waals surface area (Å²) in [5.74, 6) is -0.999. The van der Waals surface area contributed by atoms with Crippen LogP contribution in [0.3, 0.4) is 0 Å². The van der Waals surface area contributed by atoms with Gasteiger partial charge >= 0.3 is 5.97 Å². The molecule has 1 aromatic rings. The smallest absolute Gasteiger partial charge is 0.302 e. The summed E-state index contributed by atoms with van der Waals surface area (Å²) in [6, 6.07) is 6.19. The first-order valence-corrected chi connectivity index (χ1v) is 9.96. The van der Waals surface area contributed by atoms with Crippen molar-refractivity contribution < 1.29 is 19.1 Å². The lowest BCUT2D eigenvalue weighted by Gasteiger charge is -2.19. The topological polar surface area (TPSA) is 138 Å². The molecule has 29 heavy (non-hydrogen) atoms. The van der Waals surface area contributed by atoms with Crippen molar-refractivity contribution in [3.63, 3.8) is 0 Å². The Balaban J connectivity index is 1.96. The summed E-state index contributed by atoms with van der Waals surface area (Å²) in [6.45, 7) is 3.88. The fourth-order valence-corrected chi connectivity index (χ4v) is 3.86. The number of carbonyl (C=O) groups excluding carboxylic acids is 3. The lowest BCUT2D eigenvalue weighted by Crippen LogP contribution is -2.41. The van der Waals surface area contributed by atoms with Gasteiger partial charge in [0.1, 0.15) is 11.1 Å². The fraction of sp³-hybridized carbons (Fsp3) is 0.421. The van der Waals surface area contributed by atoms with E-state index in [0.29, 0.717) is 29.3 Å². The number of aliphatic imine (C=N–C) groups is 1. The predicted octanol–water partition coefficient (Wildman–Crippen LogP) is 0.972.